The van der Waals surface area contributed by atoms with Crippen molar-refractivity contribution in [1.29, 1.82) is 0 Å². The van der Waals surface area contributed by atoms with E-state index in [1.54, 1.807) is 18.7 Å². The van der Waals surface area contributed by atoms with Crippen molar-refractivity contribution in [3.05, 3.63) is 50.8 Å². The van der Waals surface area contributed by atoms with Crippen LogP contribution in [0.4, 0.5) is 8.78 Å². The third-order valence-electron chi connectivity index (χ3n) is 3.39. The zero-order valence-electron chi connectivity index (χ0n) is 11.3. The molecule has 20 heavy (non-hydrogen) atoms. The van der Waals surface area contributed by atoms with Gasteiger partial charge in [0.2, 0.25) is 0 Å². The molecular weight excluding hydrogens is 330 g/mol. The molecule has 0 amide bonds. The molecule has 1 heterocycles. The predicted octanol–water partition coefficient (Wildman–Crippen LogP) is 2.63. The molecule has 108 valence electrons. The minimum Gasteiger partial charge on any atom is -0.272 e. The minimum absolute atomic E-state index is 0.124. The Labute approximate surface area is 124 Å². The van der Waals surface area contributed by atoms with Crippen LogP contribution in [0.1, 0.15) is 28.6 Å². The van der Waals surface area contributed by atoms with Gasteiger partial charge in [-0.15, -0.1) is 0 Å². The van der Waals surface area contributed by atoms with Crippen LogP contribution in [0.25, 0.3) is 0 Å². The summed E-state index contributed by atoms with van der Waals surface area (Å²) in [6, 6.07) is 1.72. The number of nitrogens with zero attached hydrogens (tertiary/aromatic N) is 2. The maximum atomic E-state index is 14.2. The van der Waals surface area contributed by atoms with Crippen molar-refractivity contribution in [2.75, 3.05) is 0 Å². The van der Waals surface area contributed by atoms with Gasteiger partial charge in [-0.25, -0.2) is 14.2 Å². The molecule has 0 radical (unpaired) electrons. The smallest absolute Gasteiger partial charge is 0.145 e. The fourth-order valence-electron chi connectivity index (χ4n) is 2.33. The average Bonchev–Trinajstić information content (AvgIpc) is 2.65. The summed E-state index contributed by atoms with van der Waals surface area (Å²) in [7, 11) is 1.77. The maximum Gasteiger partial charge on any atom is 0.145 e. The molecule has 0 saturated carbocycles. The van der Waals surface area contributed by atoms with Gasteiger partial charge in [0.05, 0.1) is 16.2 Å². The van der Waals surface area contributed by atoms with Crippen LogP contribution >= 0.6 is 15.9 Å². The van der Waals surface area contributed by atoms with Gasteiger partial charge in [-0.3, -0.25) is 10.5 Å². The first-order valence-corrected chi connectivity index (χ1v) is 6.77. The van der Waals surface area contributed by atoms with Gasteiger partial charge in [0.25, 0.3) is 0 Å². The summed E-state index contributed by atoms with van der Waals surface area (Å²) in [4.78, 5) is 0. The topological polar surface area (TPSA) is 55.9 Å². The standard InChI is InChI=1S/C13H15BrF2N4/c1-6-10(7(2)20(3)19-6)13(18-17)11-9(15)5-4-8(14)12(11)16/h4-5,13,18H,17H2,1-3H3. The van der Waals surface area contributed by atoms with Gasteiger partial charge < -0.3 is 0 Å². The minimum atomic E-state index is -0.804. The highest BCUT2D eigenvalue weighted by molar-refractivity contribution is 9.10. The molecule has 0 aliphatic rings. The van der Waals surface area contributed by atoms with Crippen molar-refractivity contribution in [2.45, 2.75) is 19.9 Å². The lowest BCUT2D eigenvalue weighted by molar-refractivity contribution is 0.505. The number of hydrogen-bond acceptors (Lipinski definition) is 3. The maximum absolute atomic E-state index is 14.2. The quantitative estimate of drug-likeness (QED) is 0.511. The molecule has 0 fully saturated rings. The second-order valence-corrected chi connectivity index (χ2v) is 5.42. The van der Waals surface area contributed by atoms with E-state index in [0.717, 1.165) is 5.69 Å². The first kappa shape index (κ1) is 15.1. The van der Waals surface area contributed by atoms with Gasteiger partial charge in [-0.1, -0.05) is 0 Å². The fraction of sp³-hybridized carbons (Fsp3) is 0.308. The third-order valence-corrected chi connectivity index (χ3v) is 4.00. The molecule has 7 heteroatoms. The molecular formula is C13H15BrF2N4. The second kappa shape index (κ2) is 5.59. The van der Waals surface area contributed by atoms with Crippen LogP contribution in [0.3, 0.4) is 0 Å². The van der Waals surface area contributed by atoms with Gasteiger partial charge in [-0.05, 0) is 41.9 Å². The average molecular weight is 345 g/mol. The second-order valence-electron chi connectivity index (χ2n) is 4.56. The van der Waals surface area contributed by atoms with Crippen molar-refractivity contribution in [3.8, 4) is 0 Å². The van der Waals surface area contributed by atoms with Crippen molar-refractivity contribution in [1.82, 2.24) is 15.2 Å². The molecule has 2 aromatic rings. The van der Waals surface area contributed by atoms with Crippen LogP contribution in [-0.2, 0) is 7.05 Å². The molecule has 1 atom stereocenters. The summed E-state index contributed by atoms with van der Waals surface area (Å²) in [6.07, 6.45) is 0. The fourth-order valence-corrected chi connectivity index (χ4v) is 2.67. The van der Waals surface area contributed by atoms with Crippen molar-refractivity contribution < 1.29 is 8.78 Å². The Morgan fingerprint density at radius 2 is 1.95 bits per heavy atom. The molecule has 0 bridgehead atoms. The van der Waals surface area contributed by atoms with E-state index in [1.807, 2.05) is 6.92 Å². The number of halogens is 3. The lowest BCUT2D eigenvalue weighted by atomic mass is 9.96. The normalized spacial score (nSPS) is 12.8. The van der Waals surface area contributed by atoms with E-state index in [2.05, 4.69) is 26.5 Å². The summed E-state index contributed by atoms with van der Waals surface area (Å²) < 4.78 is 30.1. The lowest BCUT2D eigenvalue weighted by Gasteiger charge is -2.19. The van der Waals surface area contributed by atoms with Crippen molar-refractivity contribution in [3.63, 3.8) is 0 Å². The highest BCUT2D eigenvalue weighted by atomic mass is 79.9. The number of hydrogen-bond donors (Lipinski definition) is 2. The molecule has 2 rings (SSSR count). The molecule has 1 unspecified atom stereocenters. The number of benzene rings is 1. The Hall–Kier alpha value is -1.31. The molecule has 0 aliphatic carbocycles. The Morgan fingerprint density at radius 1 is 1.30 bits per heavy atom. The van der Waals surface area contributed by atoms with E-state index >= 15 is 0 Å². The monoisotopic (exact) mass is 344 g/mol. The summed E-state index contributed by atoms with van der Waals surface area (Å²) in [5.41, 5.74) is 4.50. The highest BCUT2D eigenvalue weighted by Gasteiger charge is 2.27. The molecule has 1 aromatic carbocycles. The lowest BCUT2D eigenvalue weighted by Crippen LogP contribution is -2.31. The molecule has 0 saturated heterocycles. The van der Waals surface area contributed by atoms with E-state index in [1.165, 1.54) is 12.1 Å². The third kappa shape index (κ3) is 2.36. The number of hydrazine groups is 1. The number of rotatable bonds is 3. The number of aryl methyl sites for hydroxylation is 2. The van der Waals surface area contributed by atoms with E-state index in [9.17, 15) is 8.78 Å². The largest absolute Gasteiger partial charge is 0.272 e. The number of aromatic nitrogens is 2. The zero-order valence-corrected chi connectivity index (χ0v) is 12.9. The predicted molar refractivity (Wildman–Crippen MR) is 75.9 cm³/mol. The van der Waals surface area contributed by atoms with Crippen molar-refractivity contribution in [2.24, 2.45) is 12.9 Å². The zero-order chi connectivity index (χ0) is 15.0. The first-order chi connectivity index (χ1) is 9.38. The summed E-state index contributed by atoms with van der Waals surface area (Å²) in [5.74, 6) is 4.21. The molecule has 3 N–H and O–H groups in total. The van der Waals surface area contributed by atoms with Crippen LogP contribution in [0, 0.1) is 25.5 Å². The van der Waals surface area contributed by atoms with Gasteiger partial charge in [0.1, 0.15) is 11.6 Å². The Bertz CT molecular complexity index is 654. The summed E-state index contributed by atoms with van der Waals surface area (Å²) in [6.45, 7) is 3.61. The van der Waals surface area contributed by atoms with E-state index in [0.29, 0.717) is 11.3 Å². The number of nitrogens with two attached hydrogens (primary N) is 1. The van der Waals surface area contributed by atoms with Crippen LogP contribution < -0.4 is 11.3 Å². The van der Waals surface area contributed by atoms with Crippen LogP contribution in [0.15, 0.2) is 16.6 Å². The van der Waals surface area contributed by atoms with Crippen LogP contribution in [-0.4, -0.2) is 9.78 Å². The van der Waals surface area contributed by atoms with Gasteiger partial charge in [0.15, 0.2) is 0 Å². The Balaban J connectivity index is 2.68. The van der Waals surface area contributed by atoms with Crippen molar-refractivity contribution >= 4 is 15.9 Å². The Kier molecular flexibility index (Phi) is 4.22. The van der Waals surface area contributed by atoms with Crippen LogP contribution in [0.5, 0.6) is 0 Å². The molecule has 4 nitrogen and oxygen atoms in total. The molecule has 1 aromatic heterocycles. The van der Waals surface area contributed by atoms with Gasteiger partial charge in [0, 0.05) is 23.9 Å². The summed E-state index contributed by atoms with van der Waals surface area (Å²) >= 11 is 3.06. The molecule has 0 aliphatic heterocycles. The summed E-state index contributed by atoms with van der Waals surface area (Å²) in [5, 5.41) is 4.25. The SMILES string of the molecule is Cc1nn(C)c(C)c1C(NN)c1c(F)ccc(Br)c1F. The van der Waals surface area contributed by atoms with E-state index in [4.69, 9.17) is 5.84 Å². The first-order valence-electron chi connectivity index (χ1n) is 5.98. The Morgan fingerprint density at radius 3 is 2.45 bits per heavy atom. The molecule has 0 spiro atoms. The van der Waals surface area contributed by atoms with Gasteiger partial charge >= 0.3 is 0 Å². The van der Waals surface area contributed by atoms with E-state index < -0.39 is 17.7 Å². The van der Waals surface area contributed by atoms with Gasteiger partial charge in [-0.2, -0.15) is 5.10 Å². The number of nitrogens with one attached hydrogen (secondary N) is 1. The van der Waals surface area contributed by atoms with Crippen LogP contribution in [0.2, 0.25) is 0 Å². The van der Waals surface area contributed by atoms with E-state index in [-0.39, 0.29) is 10.0 Å². The highest BCUT2D eigenvalue weighted by Crippen LogP contribution is 2.32.